The van der Waals surface area contributed by atoms with Crippen LogP contribution in [-0.2, 0) is 9.59 Å². The summed E-state index contributed by atoms with van der Waals surface area (Å²) in [7, 11) is 0. The smallest absolute Gasteiger partial charge is 0.282 e. The molecule has 5 nitrogen and oxygen atoms in total. The molecule has 0 fully saturated rings. The summed E-state index contributed by atoms with van der Waals surface area (Å²) in [5.41, 5.74) is 1.70. The number of carbonyl (C=O) groups excluding carboxylic acids is 2. The molecule has 0 unspecified atom stereocenters. The molecule has 2 amide bonds. The van der Waals surface area contributed by atoms with Gasteiger partial charge in [-0.3, -0.25) is 9.59 Å². The van der Waals surface area contributed by atoms with Crippen molar-refractivity contribution in [3.8, 4) is 5.75 Å². The van der Waals surface area contributed by atoms with E-state index in [1.54, 1.807) is 54.6 Å². The molecular formula is C24H19FN2O3. The van der Waals surface area contributed by atoms with Crippen molar-refractivity contribution >= 4 is 28.8 Å². The average Bonchev–Trinajstić information content (AvgIpc) is 2.99. The second-order valence-corrected chi connectivity index (χ2v) is 6.63. The molecule has 0 spiro atoms. The number of carbonyl (C=O) groups is 2. The van der Waals surface area contributed by atoms with E-state index < -0.39 is 17.6 Å². The summed E-state index contributed by atoms with van der Waals surface area (Å²) in [5.74, 6) is -0.862. The number of amides is 2. The van der Waals surface area contributed by atoms with Gasteiger partial charge in [-0.25, -0.2) is 9.29 Å². The number of hydrogen-bond donors (Lipinski definition) is 1. The van der Waals surface area contributed by atoms with Gasteiger partial charge >= 0.3 is 0 Å². The summed E-state index contributed by atoms with van der Waals surface area (Å²) in [6, 6.07) is 21.5. The molecule has 0 bridgehead atoms. The minimum atomic E-state index is -0.517. The van der Waals surface area contributed by atoms with Gasteiger partial charge in [0.25, 0.3) is 11.8 Å². The van der Waals surface area contributed by atoms with Crippen molar-refractivity contribution in [3.63, 3.8) is 0 Å². The molecule has 4 rings (SSSR count). The number of halogens is 1. The molecule has 0 aromatic heterocycles. The maximum Gasteiger partial charge on any atom is 0.282 e. The van der Waals surface area contributed by atoms with Gasteiger partial charge in [-0.05, 0) is 42.8 Å². The molecule has 0 atom stereocenters. The fourth-order valence-corrected chi connectivity index (χ4v) is 3.34. The van der Waals surface area contributed by atoms with Gasteiger partial charge in [0.1, 0.15) is 17.3 Å². The van der Waals surface area contributed by atoms with Crippen LogP contribution in [0.4, 0.5) is 15.8 Å². The van der Waals surface area contributed by atoms with Gasteiger partial charge in [0.2, 0.25) is 0 Å². The van der Waals surface area contributed by atoms with Crippen LogP contribution in [0.3, 0.4) is 0 Å². The van der Waals surface area contributed by atoms with Crippen LogP contribution in [-0.4, -0.2) is 18.4 Å². The summed E-state index contributed by atoms with van der Waals surface area (Å²) >= 11 is 0. The molecule has 1 N–H and O–H groups in total. The Bertz CT molecular complexity index is 1140. The Morgan fingerprint density at radius 2 is 1.67 bits per heavy atom. The van der Waals surface area contributed by atoms with Crippen molar-refractivity contribution in [2.45, 2.75) is 6.92 Å². The minimum Gasteiger partial charge on any atom is -0.494 e. The lowest BCUT2D eigenvalue weighted by Gasteiger charge is -2.16. The first-order valence-electron chi connectivity index (χ1n) is 9.52. The molecule has 1 heterocycles. The normalized spacial score (nSPS) is 13.7. The lowest BCUT2D eigenvalue weighted by atomic mass is 10.0. The number of imide groups is 1. The number of ether oxygens (including phenoxy) is 1. The highest BCUT2D eigenvalue weighted by molar-refractivity contribution is 6.46. The summed E-state index contributed by atoms with van der Waals surface area (Å²) < 4.78 is 19.2. The maximum absolute atomic E-state index is 13.7. The zero-order chi connectivity index (χ0) is 21.1. The summed E-state index contributed by atoms with van der Waals surface area (Å²) in [6.07, 6.45) is 0. The standard InChI is InChI=1S/C24H19FN2O3/c1-2-30-20-13-7-12-19(15-20)27-23(28)21(16-8-4-3-5-9-16)22(24(27)29)26-18-11-6-10-17(25)14-18/h3-15,26H,2H2,1H3. The van der Waals surface area contributed by atoms with Crippen LogP contribution in [0, 0.1) is 5.82 Å². The lowest BCUT2D eigenvalue weighted by Crippen LogP contribution is -2.32. The molecule has 0 saturated heterocycles. The number of hydrogen-bond acceptors (Lipinski definition) is 4. The van der Waals surface area contributed by atoms with Gasteiger partial charge in [-0.2, -0.15) is 0 Å². The number of nitrogens with zero attached hydrogens (tertiary/aromatic N) is 1. The van der Waals surface area contributed by atoms with E-state index in [0.717, 1.165) is 4.90 Å². The van der Waals surface area contributed by atoms with E-state index >= 15 is 0 Å². The highest BCUT2D eigenvalue weighted by Gasteiger charge is 2.40. The van der Waals surface area contributed by atoms with Gasteiger partial charge in [-0.15, -0.1) is 0 Å². The van der Waals surface area contributed by atoms with Gasteiger partial charge in [0.05, 0.1) is 17.9 Å². The number of rotatable bonds is 6. The zero-order valence-corrected chi connectivity index (χ0v) is 16.3. The molecule has 3 aromatic rings. The van der Waals surface area contributed by atoms with Gasteiger partial charge in [0, 0.05) is 11.8 Å². The molecule has 0 saturated carbocycles. The van der Waals surface area contributed by atoms with Crippen LogP contribution < -0.4 is 15.0 Å². The van der Waals surface area contributed by atoms with Crippen LogP contribution in [0.5, 0.6) is 5.75 Å². The third-order valence-corrected chi connectivity index (χ3v) is 4.63. The fraction of sp³-hybridized carbons (Fsp3) is 0.0833. The Hall–Kier alpha value is -3.93. The van der Waals surface area contributed by atoms with Crippen molar-refractivity contribution in [2.75, 3.05) is 16.8 Å². The largest absolute Gasteiger partial charge is 0.494 e. The van der Waals surface area contributed by atoms with Crippen molar-refractivity contribution in [1.82, 2.24) is 0 Å². The van der Waals surface area contributed by atoms with Gasteiger partial charge < -0.3 is 10.1 Å². The highest BCUT2D eigenvalue weighted by Crippen LogP contribution is 2.34. The van der Waals surface area contributed by atoms with Crippen molar-refractivity contribution in [3.05, 3.63) is 95.9 Å². The van der Waals surface area contributed by atoms with E-state index in [1.165, 1.54) is 18.2 Å². The number of nitrogens with one attached hydrogen (secondary N) is 1. The molecule has 0 aliphatic carbocycles. The SMILES string of the molecule is CCOc1cccc(N2C(=O)C(Nc3cccc(F)c3)=C(c3ccccc3)C2=O)c1. The first-order valence-corrected chi connectivity index (χ1v) is 9.52. The van der Waals surface area contributed by atoms with Crippen LogP contribution in [0.1, 0.15) is 12.5 Å². The predicted molar refractivity (Wildman–Crippen MR) is 113 cm³/mol. The minimum absolute atomic E-state index is 0.0959. The van der Waals surface area contributed by atoms with Crippen LogP contribution >= 0.6 is 0 Å². The second kappa shape index (κ2) is 8.21. The summed E-state index contributed by atoms with van der Waals surface area (Å²) in [6.45, 7) is 2.32. The van der Waals surface area contributed by atoms with Gasteiger partial charge in [-0.1, -0.05) is 42.5 Å². The van der Waals surface area contributed by atoms with E-state index in [-0.39, 0.29) is 11.3 Å². The molecule has 1 aliphatic rings. The average molecular weight is 402 g/mol. The fourth-order valence-electron chi connectivity index (χ4n) is 3.34. The summed E-state index contributed by atoms with van der Waals surface area (Å²) in [4.78, 5) is 27.8. The topological polar surface area (TPSA) is 58.6 Å². The Morgan fingerprint density at radius 1 is 0.900 bits per heavy atom. The quantitative estimate of drug-likeness (QED) is 0.611. The van der Waals surface area contributed by atoms with E-state index in [2.05, 4.69) is 5.32 Å². The molecule has 0 radical (unpaired) electrons. The Labute approximate surface area is 173 Å². The third-order valence-electron chi connectivity index (χ3n) is 4.63. The number of benzene rings is 3. The predicted octanol–water partition coefficient (Wildman–Crippen LogP) is 4.62. The molecule has 6 heteroatoms. The monoisotopic (exact) mass is 402 g/mol. The molecule has 1 aliphatic heterocycles. The molecule has 30 heavy (non-hydrogen) atoms. The number of anilines is 2. The van der Waals surface area contributed by atoms with E-state index in [1.807, 2.05) is 13.0 Å². The van der Waals surface area contributed by atoms with E-state index in [4.69, 9.17) is 4.74 Å². The van der Waals surface area contributed by atoms with Crippen LogP contribution in [0.15, 0.2) is 84.6 Å². The maximum atomic E-state index is 13.7. The van der Waals surface area contributed by atoms with E-state index in [0.29, 0.717) is 29.3 Å². The lowest BCUT2D eigenvalue weighted by molar-refractivity contribution is -0.120. The van der Waals surface area contributed by atoms with Crippen LogP contribution in [0.25, 0.3) is 5.57 Å². The van der Waals surface area contributed by atoms with Crippen molar-refractivity contribution < 1.29 is 18.7 Å². The third kappa shape index (κ3) is 3.67. The molecular weight excluding hydrogens is 383 g/mol. The first-order chi connectivity index (χ1) is 14.6. The first kappa shape index (κ1) is 19.4. The molecule has 3 aromatic carbocycles. The Kier molecular flexibility index (Phi) is 5.30. The zero-order valence-electron chi connectivity index (χ0n) is 16.3. The van der Waals surface area contributed by atoms with E-state index in [9.17, 15) is 14.0 Å². The van der Waals surface area contributed by atoms with Crippen LogP contribution in [0.2, 0.25) is 0 Å². The Morgan fingerprint density at radius 3 is 2.40 bits per heavy atom. The second-order valence-electron chi connectivity index (χ2n) is 6.63. The van der Waals surface area contributed by atoms with Gasteiger partial charge in [0.15, 0.2) is 0 Å². The molecule has 150 valence electrons. The highest BCUT2D eigenvalue weighted by atomic mass is 19.1. The van der Waals surface area contributed by atoms with Crippen molar-refractivity contribution in [1.29, 1.82) is 0 Å². The Balaban J connectivity index is 1.79. The van der Waals surface area contributed by atoms with Crippen molar-refractivity contribution in [2.24, 2.45) is 0 Å². The summed E-state index contributed by atoms with van der Waals surface area (Å²) in [5, 5.41) is 2.95.